The van der Waals surface area contributed by atoms with Gasteiger partial charge in [-0.1, -0.05) is 19.8 Å². The summed E-state index contributed by atoms with van der Waals surface area (Å²) < 4.78 is 0. The number of carbonyl (C=O) groups excluding carboxylic acids is 1. The van der Waals surface area contributed by atoms with Crippen LogP contribution in [0.25, 0.3) is 0 Å². The summed E-state index contributed by atoms with van der Waals surface area (Å²) in [5.74, 6) is 1.36. The van der Waals surface area contributed by atoms with Crippen molar-refractivity contribution in [2.45, 2.75) is 46.5 Å². The molecular formula is C15H21NO. The van der Waals surface area contributed by atoms with Crippen LogP contribution < -0.4 is 0 Å². The van der Waals surface area contributed by atoms with Crippen molar-refractivity contribution in [3.05, 3.63) is 29.1 Å². The molecule has 0 bridgehead atoms. The van der Waals surface area contributed by atoms with Crippen molar-refractivity contribution in [2.75, 3.05) is 0 Å². The quantitative estimate of drug-likeness (QED) is 0.726. The molecule has 0 aliphatic heterocycles. The molecule has 0 aromatic carbocycles. The molecule has 2 rings (SSSR count). The van der Waals surface area contributed by atoms with Gasteiger partial charge in [0.05, 0.1) is 0 Å². The molecule has 0 amide bonds. The zero-order chi connectivity index (χ0) is 12.4. The Morgan fingerprint density at radius 1 is 1.12 bits per heavy atom. The fraction of sp³-hybridized carbons (Fsp3) is 0.600. The lowest BCUT2D eigenvalue weighted by atomic mass is 9.79. The smallest absolute Gasteiger partial charge is 0.166 e. The lowest BCUT2D eigenvalue weighted by Crippen LogP contribution is -2.21. The number of aryl methyl sites for hydroxylation is 2. The Labute approximate surface area is 103 Å². The van der Waals surface area contributed by atoms with E-state index in [1.807, 2.05) is 26.0 Å². The third kappa shape index (κ3) is 2.93. The molecule has 0 unspecified atom stereocenters. The Kier molecular flexibility index (Phi) is 3.60. The number of nitrogens with zero attached hydrogens (tertiary/aromatic N) is 1. The maximum atomic E-state index is 12.4. The SMILES string of the molecule is Cc1cc(C(=O)C2CCC(C)CC2)cc(C)n1. The van der Waals surface area contributed by atoms with Crippen molar-refractivity contribution >= 4 is 5.78 Å². The van der Waals surface area contributed by atoms with E-state index in [-0.39, 0.29) is 5.92 Å². The highest BCUT2D eigenvalue weighted by Gasteiger charge is 2.25. The number of aromatic nitrogens is 1. The van der Waals surface area contributed by atoms with Gasteiger partial charge in [0.25, 0.3) is 0 Å². The molecule has 0 radical (unpaired) electrons. The lowest BCUT2D eigenvalue weighted by molar-refractivity contribution is 0.0875. The normalized spacial score (nSPS) is 24.6. The van der Waals surface area contributed by atoms with E-state index in [2.05, 4.69) is 11.9 Å². The minimum absolute atomic E-state index is 0.243. The molecule has 1 aromatic rings. The van der Waals surface area contributed by atoms with E-state index in [1.54, 1.807) is 0 Å². The molecule has 0 spiro atoms. The Hall–Kier alpha value is -1.18. The molecule has 1 aliphatic carbocycles. The second-order valence-electron chi connectivity index (χ2n) is 5.46. The summed E-state index contributed by atoms with van der Waals surface area (Å²) in [6.45, 7) is 6.18. The van der Waals surface area contributed by atoms with Gasteiger partial charge in [-0.25, -0.2) is 0 Å². The third-order valence-corrected chi connectivity index (χ3v) is 3.75. The van der Waals surface area contributed by atoms with Crippen LogP contribution in [-0.2, 0) is 0 Å². The standard InChI is InChI=1S/C15H21NO/c1-10-4-6-13(7-5-10)15(17)14-8-11(2)16-12(3)9-14/h8-10,13H,4-7H2,1-3H3. The van der Waals surface area contributed by atoms with E-state index in [0.717, 1.165) is 35.7 Å². The molecule has 0 N–H and O–H groups in total. The van der Waals surface area contributed by atoms with Gasteiger partial charge in [0.15, 0.2) is 5.78 Å². The van der Waals surface area contributed by atoms with Gasteiger partial charge in [0.1, 0.15) is 0 Å². The number of carbonyl (C=O) groups is 1. The molecule has 0 saturated heterocycles. The molecule has 1 saturated carbocycles. The average molecular weight is 231 g/mol. The van der Waals surface area contributed by atoms with Crippen LogP contribution in [-0.4, -0.2) is 10.8 Å². The van der Waals surface area contributed by atoms with Gasteiger partial charge in [-0.2, -0.15) is 0 Å². The van der Waals surface area contributed by atoms with Gasteiger partial charge < -0.3 is 0 Å². The zero-order valence-electron chi connectivity index (χ0n) is 11.0. The molecule has 92 valence electrons. The molecule has 1 heterocycles. The number of hydrogen-bond acceptors (Lipinski definition) is 2. The molecule has 1 aliphatic rings. The minimum Gasteiger partial charge on any atom is -0.294 e. The molecular weight excluding hydrogens is 210 g/mol. The van der Waals surface area contributed by atoms with E-state index in [0.29, 0.717) is 5.78 Å². The number of hydrogen-bond donors (Lipinski definition) is 0. The minimum atomic E-state index is 0.243. The monoisotopic (exact) mass is 231 g/mol. The van der Waals surface area contributed by atoms with Crippen LogP contribution in [0, 0.1) is 25.7 Å². The predicted octanol–water partition coefficient (Wildman–Crippen LogP) is 3.71. The first-order chi connectivity index (χ1) is 8.06. The van der Waals surface area contributed by atoms with Crippen molar-refractivity contribution in [3.8, 4) is 0 Å². The van der Waals surface area contributed by atoms with E-state index >= 15 is 0 Å². The van der Waals surface area contributed by atoms with Gasteiger partial charge in [0.2, 0.25) is 0 Å². The van der Waals surface area contributed by atoms with Crippen molar-refractivity contribution < 1.29 is 4.79 Å². The van der Waals surface area contributed by atoms with Gasteiger partial charge in [0, 0.05) is 22.9 Å². The summed E-state index contributed by atoms with van der Waals surface area (Å²) in [6, 6.07) is 3.85. The van der Waals surface area contributed by atoms with E-state index in [1.165, 1.54) is 12.8 Å². The number of pyridine rings is 1. The highest BCUT2D eigenvalue weighted by Crippen LogP contribution is 2.30. The topological polar surface area (TPSA) is 30.0 Å². The van der Waals surface area contributed by atoms with Crippen LogP contribution >= 0.6 is 0 Å². The van der Waals surface area contributed by atoms with Crippen molar-refractivity contribution in [1.29, 1.82) is 0 Å². The highest BCUT2D eigenvalue weighted by molar-refractivity contribution is 5.98. The molecule has 2 heteroatoms. The van der Waals surface area contributed by atoms with Crippen molar-refractivity contribution in [1.82, 2.24) is 4.98 Å². The Balaban J connectivity index is 2.14. The van der Waals surface area contributed by atoms with Gasteiger partial charge in [-0.05, 0) is 44.7 Å². The first kappa shape index (κ1) is 12.3. The van der Waals surface area contributed by atoms with Crippen LogP contribution in [0.2, 0.25) is 0 Å². The number of Topliss-reactive ketones (excluding diaryl/α,β-unsaturated/α-hetero) is 1. The highest BCUT2D eigenvalue weighted by atomic mass is 16.1. The van der Waals surface area contributed by atoms with Gasteiger partial charge >= 0.3 is 0 Å². The maximum absolute atomic E-state index is 12.4. The van der Waals surface area contributed by atoms with E-state index in [4.69, 9.17) is 0 Å². The second-order valence-corrected chi connectivity index (χ2v) is 5.46. The van der Waals surface area contributed by atoms with Gasteiger partial charge in [-0.3, -0.25) is 9.78 Å². The summed E-state index contributed by atoms with van der Waals surface area (Å²) >= 11 is 0. The third-order valence-electron chi connectivity index (χ3n) is 3.75. The number of ketones is 1. The summed E-state index contributed by atoms with van der Waals surface area (Å²) in [5.41, 5.74) is 2.74. The summed E-state index contributed by atoms with van der Waals surface area (Å²) in [7, 11) is 0. The van der Waals surface area contributed by atoms with Crippen LogP contribution in [0.1, 0.15) is 54.4 Å². The van der Waals surface area contributed by atoms with Crippen LogP contribution in [0.4, 0.5) is 0 Å². The molecule has 0 atom stereocenters. The average Bonchev–Trinajstić information content (AvgIpc) is 2.28. The summed E-state index contributed by atoms with van der Waals surface area (Å²) in [4.78, 5) is 16.7. The van der Waals surface area contributed by atoms with Crippen molar-refractivity contribution in [2.24, 2.45) is 11.8 Å². The summed E-state index contributed by atoms with van der Waals surface area (Å²) in [6.07, 6.45) is 4.50. The molecule has 17 heavy (non-hydrogen) atoms. The Morgan fingerprint density at radius 3 is 2.18 bits per heavy atom. The van der Waals surface area contributed by atoms with E-state index < -0.39 is 0 Å². The van der Waals surface area contributed by atoms with Crippen LogP contribution in [0.15, 0.2) is 12.1 Å². The molecule has 1 fully saturated rings. The molecule has 2 nitrogen and oxygen atoms in total. The first-order valence-corrected chi connectivity index (χ1v) is 6.56. The van der Waals surface area contributed by atoms with E-state index in [9.17, 15) is 4.79 Å². The van der Waals surface area contributed by atoms with Crippen LogP contribution in [0.3, 0.4) is 0 Å². The van der Waals surface area contributed by atoms with Crippen molar-refractivity contribution in [3.63, 3.8) is 0 Å². The molecule has 1 aromatic heterocycles. The predicted molar refractivity (Wildman–Crippen MR) is 69.2 cm³/mol. The fourth-order valence-electron chi connectivity index (χ4n) is 2.73. The fourth-order valence-corrected chi connectivity index (χ4v) is 2.73. The zero-order valence-corrected chi connectivity index (χ0v) is 11.0. The lowest BCUT2D eigenvalue weighted by Gasteiger charge is -2.25. The van der Waals surface area contributed by atoms with Gasteiger partial charge in [-0.15, -0.1) is 0 Å². The van der Waals surface area contributed by atoms with Crippen LogP contribution in [0.5, 0.6) is 0 Å². The first-order valence-electron chi connectivity index (χ1n) is 6.56. The Morgan fingerprint density at radius 2 is 1.65 bits per heavy atom. The second kappa shape index (κ2) is 4.99. The number of rotatable bonds is 2. The largest absolute Gasteiger partial charge is 0.294 e. The maximum Gasteiger partial charge on any atom is 0.166 e. The Bertz CT molecular complexity index is 397. The summed E-state index contributed by atoms with van der Waals surface area (Å²) in [5, 5.41) is 0.